The summed E-state index contributed by atoms with van der Waals surface area (Å²) in [5.74, 6) is -2.83. The van der Waals surface area contributed by atoms with E-state index in [2.05, 4.69) is 0 Å². The van der Waals surface area contributed by atoms with Gasteiger partial charge in [0.05, 0.1) is 0 Å². The zero-order chi connectivity index (χ0) is 19.8. The third-order valence-corrected chi connectivity index (χ3v) is 4.41. The van der Waals surface area contributed by atoms with E-state index in [0.717, 1.165) is 4.90 Å². The second kappa shape index (κ2) is 6.81. The lowest BCUT2D eigenvalue weighted by Gasteiger charge is -2.27. The Kier molecular flexibility index (Phi) is 5.25. The number of amides is 1. The van der Waals surface area contributed by atoms with Gasteiger partial charge in [-0.15, -0.1) is 0 Å². The molecule has 144 valence electrons. The number of aliphatic carboxylic acids is 1. The summed E-state index contributed by atoms with van der Waals surface area (Å²) in [7, 11) is 0. The molecule has 26 heavy (non-hydrogen) atoms. The zero-order valence-corrected chi connectivity index (χ0v) is 13.3. The number of carbonyl (C=O) groups is 2. The van der Waals surface area contributed by atoms with Crippen molar-refractivity contribution in [3.63, 3.8) is 0 Å². The van der Waals surface area contributed by atoms with Crippen LogP contribution in [0.4, 0.5) is 26.3 Å². The summed E-state index contributed by atoms with van der Waals surface area (Å²) in [6.07, 6.45) is -11.4. The molecule has 0 radical (unpaired) electrons. The van der Waals surface area contributed by atoms with Crippen molar-refractivity contribution in [2.75, 3.05) is 13.1 Å². The summed E-state index contributed by atoms with van der Waals surface area (Å²) < 4.78 is 75.9. The van der Waals surface area contributed by atoms with Crippen molar-refractivity contribution < 1.29 is 41.0 Å². The van der Waals surface area contributed by atoms with Crippen molar-refractivity contribution in [1.82, 2.24) is 4.90 Å². The number of carbonyl (C=O) groups excluding carboxylic acids is 1. The highest BCUT2D eigenvalue weighted by Crippen LogP contribution is 2.46. The van der Waals surface area contributed by atoms with Gasteiger partial charge in [0.1, 0.15) is 0 Å². The fraction of sp³-hybridized carbons (Fsp3) is 0.500. The number of carboxylic acids is 1. The largest absolute Gasteiger partial charge is 0.481 e. The molecule has 10 heteroatoms. The molecule has 0 saturated carbocycles. The predicted molar refractivity (Wildman–Crippen MR) is 77.5 cm³/mol. The first-order valence-electron chi connectivity index (χ1n) is 7.61. The Morgan fingerprint density at radius 2 is 1.65 bits per heavy atom. The summed E-state index contributed by atoms with van der Waals surface area (Å²) in [5.41, 5.74) is -2.69. The van der Waals surface area contributed by atoms with E-state index in [4.69, 9.17) is 5.11 Å². The summed E-state index contributed by atoms with van der Waals surface area (Å²) in [5, 5.41) is 8.98. The van der Waals surface area contributed by atoms with Crippen molar-refractivity contribution in [2.24, 2.45) is 5.41 Å². The Balaban J connectivity index is 2.09. The van der Waals surface area contributed by atoms with E-state index in [1.807, 2.05) is 0 Å². The van der Waals surface area contributed by atoms with Crippen molar-refractivity contribution in [3.8, 4) is 0 Å². The molecule has 0 aliphatic carbocycles. The van der Waals surface area contributed by atoms with Crippen LogP contribution in [0.5, 0.6) is 0 Å². The molecular formula is C16H15F6NO3. The van der Waals surface area contributed by atoms with Crippen molar-refractivity contribution in [3.05, 3.63) is 35.4 Å². The number of hydrogen-bond acceptors (Lipinski definition) is 2. The van der Waals surface area contributed by atoms with E-state index in [-0.39, 0.29) is 18.5 Å². The highest BCUT2D eigenvalue weighted by molar-refractivity contribution is 5.95. The fourth-order valence-corrected chi connectivity index (χ4v) is 2.79. The van der Waals surface area contributed by atoms with Gasteiger partial charge in [-0.25, -0.2) is 0 Å². The predicted octanol–water partition coefficient (Wildman–Crippen LogP) is 3.66. The smallest absolute Gasteiger partial charge is 0.406 e. The van der Waals surface area contributed by atoms with Gasteiger partial charge in [-0.2, -0.15) is 26.3 Å². The number of benzene rings is 1. The molecule has 1 saturated heterocycles. The molecule has 0 bridgehead atoms. The monoisotopic (exact) mass is 383 g/mol. The van der Waals surface area contributed by atoms with Crippen LogP contribution in [0, 0.1) is 5.41 Å². The van der Waals surface area contributed by atoms with E-state index in [1.54, 1.807) is 0 Å². The minimum Gasteiger partial charge on any atom is -0.481 e. The highest BCUT2D eigenvalue weighted by Gasteiger charge is 2.64. The van der Waals surface area contributed by atoms with E-state index < -0.39 is 49.0 Å². The maximum absolute atomic E-state index is 13.1. The van der Waals surface area contributed by atoms with Crippen LogP contribution in [0.1, 0.15) is 28.8 Å². The van der Waals surface area contributed by atoms with Crippen molar-refractivity contribution in [1.29, 1.82) is 0 Å². The van der Waals surface area contributed by atoms with Gasteiger partial charge in [-0.1, -0.05) is 12.1 Å². The van der Waals surface area contributed by atoms with Crippen LogP contribution < -0.4 is 0 Å². The second-order valence-electron chi connectivity index (χ2n) is 6.17. The fourth-order valence-electron chi connectivity index (χ4n) is 2.79. The molecule has 1 N–H and O–H groups in total. The highest BCUT2D eigenvalue weighted by atomic mass is 19.4. The summed E-state index contributed by atoms with van der Waals surface area (Å²) in [4.78, 5) is 24.2. The first-order valence-corrected chi connectivity index (χ1v) is 7.61. The van der Waals surface area contributed by atoms with E-state index in [9.17, 15) is 35.9 Å². The third-order valence-electron chi connectivity index (χ3n) is 4.41. The number of hydrogen-bond donors (Lipinski definition) is 1. The molecule has 2 rings (SSSR count). The molecule has 0 aromatic heterocycles. The Hall–Kier alpha value is -2.26. The van der Waals surface area contributed by atoms with Gasteiger partial charge in [0.25, 0.3) is 5.91 Å². The van der Waals surface area contributed by atoms with Crippen LogP contribution in [0.2, 0.25) is 0 Å². The Labute approximate surface area is 144 Å². The molecule has 1 fully saturated rings. The number of likely N-dealkylation sites (tertiary alicyclic amines) is 1. The van der Waals surface area contributed by atoms with E-state index in [0.29, 0.717) is 5.56 Å². The zero-order valence-electron chi connectivity index (χ0n) is 13.3. The van der Waals surface area contributed by atoms with Crippen LogP contribution in [0.25, 0.3) is 0 Å². The number of alkyl halides is 6. The minimum atomic E-state index is -5.00. The Bertz CT molecular complexity index is 683. The first-order chi connectivity index (χ1) is 11.9. The lowest BCUT2D eigenvalue weighted by molar-refractivity contribution is -0.227. The molecule has 1 aromatic carbocycles. The average molecular weight is 383 g/mol. The number of nitrogens with zero attached hydrogens (tertiary/aromatic N) is 1. The third kappa shape index (κ3) is 4.10. The first kappa shape index (κ1) is 20.1. The summed E-state index contributed by atoms with van der Waals surface area (Å²) in [6.45, 7) is -1.37. The normalized spacial score (nSPS) is 21.1. The standard InChI is InChI=1S/C16H15F6NO3/c17-15(18,19)6-5-10-1-3-11(4-2-10)12(24)23-8-7-14(9-23,13(25)26)16(20,21)22/h1-4H,5-9H2,(H,25,26). The molecule has 1 heterocycles. The average Bonchev–Trinajstić information content (AvgIpc) is 2.98. The number of aryl methyl sites for hydroxylation is 1. The lowest BCUT2D eigenvalue weighted by atomic mass is 9.86. The van der Waals surface area contributed by atoms with Gasteiger partial charge in [0, 0.05) is 25.1 Å². The summed E-state index contributed by atoms with van der Waals surface area (Å²) >= 11 is 0. The maximum Gasteiger partial charge on any atom is 0.406 e. The number of carboxylic acid groups (broad SMARTS) is 1. The van der Waals surface area contributed by atoms with Gasteiger partial charge >= 0.3 is 18.3 Å². The lowest BCUT2D eigenvalue weighted by Crippen LogP contribution is -2.47. The van der Waals surface area contributed by atoms with Crippen LogP contribution in [-0.4, -0.2) is 47.3 Å². The topological polar surface area (TPSA) is 57.6 Å². The molecule has 1 aliphatic heterocycles. The molecule has 1 atom stereocenters. The molecule has 1 aromatic rings. The molecule has 1 aliphatic rings. The van der Waals surface area contributed by atoms with E-state index >= 15 is 0 Å². The molecule has 0 spiro atoms. The van der Waals surface area contributed by atoms with Crippen LogP contribution in [-0.2, 0) is 11.2 Å². The Morgan fingerprint density at radius 1 is 1.08 bits per heavy atom. The van der Waals surface area contributed by atoms with Gasteiger partial charge in [0.2, 0.25) is 0 Å². The van der Waals surface area contributed by atoms with Crippen LogP contribution >= 0.6 is 0 Å². The summed E-state index contributed by atoms with van der Waals surface area (Å²) in [6, 6.07) is 5.04. The van der Waals surface area contributed by atoms with Gasteiger partial charge in [-0.3, -0.25) is 9.59 Å². The molecule has 1 amide bonds. The molecular weight excluding hydrogens is 368 g/mol. The minimum absolute atomic E-state index is 0.0101. The van der Waals surface area contributed by atoms with Crippen molar-refractivity contribution in [2.45, 2.75) is 31.6 Å². The number of halogens is 6. The van der Waals surface area contributed by atoms with Gasteiger partial charge in [-0.05, 0) is 30.5 Å². The SMILES string of the molecule is O=C(c1ccc(CCC(F)(F)F)cc1)N1CCC(C(=O)O)(C(F)(F)F)C1. The van der Waals surface area contributed by atoms with E-state index in [1.165, 1.54) is 24.3 Å². The maximum atomic E-state index is 13.1. The quantitative estimate of drug-likeness (QED) is 0.808. The van der Waals surface area contributed by atoms with Gasteiger partial charge in [0.15, 0.2) is 5.41 Å². The number of rotatable bonds is 4. The second-order valence-corrected chi connectivity index (χ2v) is 6.17. The van der Waals surface area contributed by atoms with Gasteiger partial charge < -0.3 is 10.0 Å². The van der Waals surface area contributed by atoms with Crippen LogP contribution in [0.15, 0.2) is 24.3 Å². The van der Waals surface area contributed by atoms with Crippen molar-refractivity contribution >= 4 is 11.9 Å². The Morgan fingerprint density at radius 3 is 2.08 bits per heavy atom. The molecule has 4 nitrogen and oxygen atoms in total. The van der Waals surface area contributed by atoms with Crippen LogP contribution in [0.3, 0.4) is 0 Å². The molecule has 1 unspecified atom stereocenters.